The Balaban J connectivity index is 0.901. The average Bonchev–Trinajstić information content (AvgIpc) is 3.46. The van der Waals surface area contributed by atoms with E-state index in [2.05, 4.69) is 10.0 Å². The van der Waals surface area contributed by atoms with Gasteiger partial charge in [-0.3, -0.25) is 0 Å². The third-order valence-electron chi connectivity index (χ3n) is 14.6. The van der Waals surface area contributed by atoms with E-state index in [4.69, 9.17) is 67.1 Å². The molecule has 0 aromatic heterocycles. The number of rotatable bonds is 20. The standard InChI is InChI=1S/C42H71N3O35/c43-45-44-36-29(61)22(54)16(48)9(74-36)2-68-38-31(63)24(56)18(50)11(76-38)4-70-40-33(65)26(58)20(52)13(78-40)6-72-42-35(67)28(60)21(53)14(80-42)7-73-41-34(66)27(59)19(51)12(79-41)5-71-39-32(64)25(57)17(49)10(77-39)3-69-37-30(62)23(55)15(47)8(1-46)75-37/h8-42,46-67H,1-7H2/t8-,9-,10-,11-,12-,13-,14-,15-,16-,17-,18-,19-,20-,21-,22+,23+,24+,25+,26+,27+,28+,29-,30-,31-,32-,33-,34-,35-,36+,37+,38+,39+,40+,41+,42+/m1/s1. The molecule has 22 N–H and O–H groups in total. The molecular formula is C42H71N3O35. The molecule has 7 fully saturated rings. The molecule has 0 aromatic rings. The smallest absolute Gasteiger partial charge is 0.186 e. The summed E-state index contributed by atoms with van der Waals surface area (Å²) in [6.07, 6.45) is -64.4. The van der Waals surface area contributed by atoms with Gasteiger partial charge in [-0.15, -0.1) is 0 Å². The molecule has 0 aromatic carbocycles. The van der Waals surface area contributed by atoms with E-state index in [-0.39, 0.29) is 0 Å². The Bertz CT molecular complexity index is 1960. The van der Waals surface area contributed by atoms with Crippen LogP contribution in [-0.4, -0.2) is 373 Å². The fourth-order valence-electron chi connectivity index (χ4n) is 9.52. The van der Waals surface area contributed by atoms with E-state index in [1.165, 1.54) is 0 Å². The maximum Gasteiger partial charge on any atom is 0.186 e. The summed E-state index contributed by atoms with van der Waals surface area (Å²) in [4.78, 5) is 2.48. The molecule has 7 aliphatic rings. The maximum absolute atomic E-state index is 10.8. The van der Waals surface area contributed by atoms with Crippen molar-refractivity contribution >= 4 is 0 Å². The second kappa shape index (κ2) is 28.4. The van der Waals surface area contributed by atoms with Crippen LogP contribution in [0.1, 0.15) is 0 Å². The van der Waals surface area contributed by atoms with Crippen molar-refractivity contribution in [3.8, 4) is 0 Å². The Morgan fingerprint density at radius 2 is 0.450 bits per heavy atom. The molecule has 0 radical (unpaired) electrons. The Morgan fingerprint density at radius 1 is 0.263 bits per heavy atom. The minimum absolute atomic E-state index is 0.715. The summed E-state index contributed by atoms with van der Waals surface area (Å²) in [5.74, 6) is 0. The van der Waals surface area contributed by atoms with Crippen LogP contribution in [-0.2, 0) is 61.6 Å². The van der Waals surface area contributed by atoms with Crippen LogP contribution in [0.4, 0.5) is 0 Å². The first-order valence-electron chi connectivity index (χ1n) is 25.0. The molecule has 80 heavy (non-hydrogen) atoms. The monoisotopic (exact) mass is 1180 g/mol. The Labute approximate surface area is 450 Å². The van der Waals surface area contributed by atoms with Crippen LogP contribution < -0.4 is 0 Å². The van der Waals surface area contributed by atoms with E-state index in [9.17, 15) is 112 Å². The largest absolute Gasteiger partial charge is 0.394 e. The van der Waals surface area contributed by atoms with E-state index < -0.39 is 261 Å². The maximum atomic E-state index is 10.8. The van der Waals surface area contributed by atoms with Crippen molar-refractivity contribution in [2.45, 2.75) is 215 Å². The van der Waals surface area contributed by atoms with Gasteiger partial charge in [-0.2, -0.15) is 0 Å². The number of hydrogen-bond acceptors (Lipinski definition) is 36. The van der Waals surface area contributed by atoms with E-state index >= 15 is 0 Å². The van der Waals surface area contributed by atoms with Crippen molar-refractivity contribution in [1.29, 1.82) is 0 Å². The minimum Gasteiger partial charge on any atom is -0.394 e. The third kappa shape index (κ3) is 14.2. The molecule has 464 valence electrons. The lowest BCUT2D eigenvalue weighted by Crippen LogP contribution is -2.63. The number of aliphatic hydroxyl groups excluding tert-OH is 22. The van der Waals surface area contributed by atoms with Gasteiger partial charge < -0.3 is 174 Å². The molecular weight excluding hydrogens is 1110 g/mol. The highest BCUT2D eigenvalue weighted by molar-refractivity contribution is 4.97. The summed E-state index contributed by atoms with van der Waals surface area (Å²) in [6.45, 7) is -5.52. The molecule has 0 amide bonds. The zero-order chi connectivity index (χ0) is 58.8. The molecule has 38 heteroatoms. The van der Waals surface area contributed by atoms with Crippen LogP contribution in [0.2, 0.25) is 0 Å². The summed E-state index contributed by atoms with van der Waals surface area (Å²) in [6, 6.07) is 0. The van der Waals surface area contributed by atoms with Crippen LogP contribution in [0.15, 0.2) is 5.11 Å². The lowest BCUT2D eigenvalue weighted by molar-refractivity contribution is -0.353. The van der Waals surface area contributed by atoms with Crippen LogP contribution in [0.3, 0.4) is 0 Å². The summed E-state index contributed by atoms with van der Waals surface area (Å²) in [5, 5.41) is 234. The van der Waals surface area contributed by atoms with Gasteiger partial charge in [0.25, 0.3) is 0 Å². The first kappa shape index (κ1) is 65.5. The van der Waals surface area contributed by atoms with Gasteiger partial charge in [0, 0.05) is 4.91 Å². The van der Waals surface area contributed by atoms with Gasteiger partial charge in [0.1, 0.15) is 171 Å². The SMILES string of the molecule is [N-]=[N+]=N[C@H]1O[C@H](CO[C@H]2O[C@H](CO[C@H]3O[C@H](CO[C@H]4O[C@H](CO[C@H]5O[C@H](CO[C@H]6O[C@H](CO[C@H]7O[C@H](CO)[C@@H](O)[C@H](O)[C@H]7O)[C@@H](O)[C@H](O)[C@H]6O)[C@@H](O)[C@H](O)[C@H]5O)[C@@H](O)[C@H](O)[C@H]4O)[C@@H](O)[C@H](O)[C@H]3O)[C@@H](O)[C@H](O)[C@H]2O)[C@@H](O)[C@H](O)[C@H]1O. The Hall–Kier alpha value is -2.09. The fraction of sp³-hybridized carbons (Fsp3) is 1.00. The number of ether oxygens (including phenoxy) is 13. The molecule has 7 heterocycles. The molecule has 0 saturated carbocycles. The van der Waals surface area contributed by atoms with Crippen LogP contribution in [0, 0.1) is 0 Å². The topological polar surface area (TPSA) is 614 Å². The van der Waals surface area contributed by atoms with Crippen molar-refractivity contribution in [2.75, 3.05) is 46.2 Å². The number of nitrogens with zero attached hydrogens (tertiary/aromatic N) is 3. The number of azide groups is 1. The van der Waals surface area contributed by atoms with Gasteiger partial charge in [0.05, 0.1) is 46.2 Å². The van der Waals surface area contributed by atoms with Gasteiger partial charge >= 0.3 is 0 Å². The molecule has 7 rings (SSSR count). The zero-order valence-electron chi connectivity index (χ0n) is 41.6. The highest BCUT2D eigenvalue weighted by Gasteiger charge is 2.53. The third-order valence-corrected chi connectivity index (χ3v) is 14.6. The normalized spacial score (nSPS) is 52.3. The quantitative estimate of drug-likeness (QED) is 0.0306. The number of hydrogen-bond donors (Lipinski definition) is 22. The molecule has 35 atom stereocenters. The molecule has 7 aliphatic heterocycles. The predicted octanol–water partition coefficient (Wildman–Crippen LogP) is -15.0. The summed E-state index contributed by atoms with van der Waals surface area (Å²) >= 11 is 0. The van der Waals surface area contributed by atoms with Gasteiger partial charge in [-0.05, 0) is 5.53 Å². The van der Waals surface area contributed by atoms with E-state index in [1.807, 2.05) is 0 Å². The van der Waals surface area contributed by atoms with E-state index in [0.717, 1.165) is 0 Å². The Kier molecular flexibility index (Phi) is 23.2. The average molecular weight is 1180 g/mol. The van der Waals surface area contributed by atoms with Crippen molar-refractivity contribution in [3.05, 3.63) is 10.4 Å². The molecule has 0 aliphatic carbocycles. The van der Waals surface area contributed by atoms with Gasteiger partial charge in [0.15, 0.2) is 44.0 Å². The highest BCUT2D eigenvalue weighted by Crippen LogP contribution is 2.32. The minimum atomic E-state index is -2.06. The Morgan fingerprint density at radius 3 is 0.662 bits per heavy atom. The predicted molar refractivity (Wildman–Crippen MR) is 239 cm³/mol. The molecule has 0 unspecified atom stereocenters. The van der Waals surface area contributed by atoms with Crippen molar-refractivity contribution in [2.24, 2.45) is 5.11 Å². The van der Waals surface area contributed by atoms with Crippen LogP contribution in [0.25, 0.3) is 10.4 Å². The molecule has 7 saturated heterocycles. The van der Waals surface area contributed by atoms with Crippen LogP contribution in [0.5, 0.6) is 0 Å². The lowest BCUT2D eigenvalue weighted by atomic mass is 9.97. The zero-order valence-corrected chi connectivity index (χ0v) is 41.6. The molecule has 0 bridgehead atoms. The van der Waals surface area contributed by atoms with Crippen molar-refractivity contribution in [3.63, 3.8) is 0 Å². The highest BCUT2D eigenvalue weighted by atomic mass is 16.8. The van der Waals surface area contributed by atoms with Gasteiger partial charge in [-0.1, -0.05) is 5.11 Å². The van der Waals surface area contributed by atoms with Gasteiger partial charge in [0.2, 0.25) is 0 Å². The molecule has 0 spiro atoms. The van der Waals surface area contributed by atoms with Crippen LogP contribution >= 0.6 is 0 Å². The second-order valence-corrected chi connectivity index (χ2v) is 20.0. The number of aliphatic hydroxyl groups is 22. The van der Waals surface area contributed by atoms with Gasteiger partial charge in [-0.25, -0.2) is 0 Å². The summed E-state index contributed by atoms with van der Waals surface area (Å²) < 4.78 is 71.4. The summed E-state index contributed by atoms with van der Waals surface area (Å²) in [7, 11) is 0. The van der Waals surface area contributed by atoms with Crippen molar-refractivity contribution < 1.29 is 174 Å². The lowest BCUT2D eigenvalue weighted by Gasteiger charge is -2.45. The first-order chi connectivity index (χ1) is 37.8. The molecule has 38 nitrogen and oxygen atoms in total. The first-order valence-corrected chi connectivity index (χ1v) is 25.0. The fourth-order valence-corrected chi connectivity index (χ4v) is 9.52. The van der Waals surface area contributed by atoms with E-state index in [0.29, 0.717) is 0 Å². The summed E-state index contributed by atoms with van der Waals surface area (Å²) in [5.41, 5.74) is 8.75. The second-order valence-electron chi connectivity index (χ2n) is 20.0. The van der Waals surface area contributed by atoms with E-state index in [1.54, 1.807) is 0 Å². The van der Waals surface area contributed by atoms with Crippen molar-refractivity contribution in [1.82, 2.24) is 0 Å².